The van der Waals surface area contributed by atoms with Gasteiger partial charge in [0.25, 0.3) is 5.91 Å². The van der Waals surface area contributed by atoms with Gasteiger partial charge in [-0.1, -0.05) is 11.8 Å². The smallest absolute Gasteiger partial charge is 0.253 e. The van der Waals surface area contributed by atoms with Crippen LogP contribution in [0.4, 0.5) is 0 Å². The number of benzene rings is 1. The van der Waals surface area contributed by atoms with Crippen LogP contribution in [0, 0.1) is 23.2 Å². The molecule has 114 valence electrons. The summed E-state index contributed by atoms with van der Waals surface area (Å²) in [6, 6.07) is 9.39. The molecule has 2 rings (SSSR count). The van der Waals surface area contributed by atoms with Gasteiger partial charge in [0.05, 0.1) is 12.2 Å². The third kappa shape index (κ3) is 4.62. The summed E-state index contributed by atoms with van der Waals surface area (Å²) in [4.78, 5) is 14.1. The molecule has 1 N–H and O–H groups in total. The van der Waals surface area contributed by atoms with Crippen molar-refractivity contribution < 1.29 is 9.90 Å². The number of nitrogens with zero attached hydrogens (tertiary/aromatic N) is 2. The van der Waals surface area contributed by atoms with E-state index in [1.54, 1.807) is 17.0 Å². The van der Waals surface area contributed by atoms with Crippen LogP contribution in [0.5, 0.6) is 0 Å². The van der Waals surface area contributed by atoms with Crippen LogP contribution in [0.1, 0.15) is 48.0 Å². The van der Waals surface area contributed by atoms with Crippen molar-refractivity contribution in [3.63, 3.8) is 0 Å². The predicted octanol–water partition coefficient (Wildman–Crippen LogP) is 2.33. The molecule has 0 radical (unpaired) electrons. The highest BCUT2D eigenvalue weighted by Crippen LogP contribution is 2.14. The number of rotatable bonds is 3. The van der Waals surface area contributed by atoms with E-state index in [1.807, 2.05) is 12.1 Å². The second-order valence-electron chi connectivity index (χ2n) is 5.41. The van der Waals surface area contributed by atoms with Gasteiger partial charge in [-0.05, 0) is 43.5 Å². The fraction of sp³-hybridized carbons (Fsp3) is 0.444. The standard InChI is InChI=1S/C18H20N2O2/c19-12-4-2-1-3-5-15-6-8-16(9-7-15)18(22)20-13-10-17(21)11-14-20/h6-9,17,21H,1-2,4,10-11,13-14H2. The number of carbonyl (C=O) groups excluding carboxylic acids is 1. The lowest BCUT2D eigenvalue weighted by Gasteiger charge is -2.29. The number of hydrogen-bond acceptors (Lipinski definition) is 3. The van der Waals surface area contributed by atoms with Gasteiger partial charge in [0.1, 0.15) is 0 Å². The Morgan fingerprint density at radius 1 is 1.23 bits per heavy atom. The van der Waals surface area contributed by atoms with Crippen LogP contribution in [-0.2, 0) is 0 Å². The molecule has 1 aliphatic rings. The molecule has 0 aromatic heterocycles. The van der Waals surface area contributed by atoms with Crippen LogP contribution in [0.25, 0.3) is 0 Å². The number of likely N-dealkylation sites (tertiary alicyclic amines) is 1. The average molecular weight is 296 g/mol. The minimum Gasteiger partial charge on any atom is -0.393 e. The number of carbonyl (C=O) groups is 1. The summed E-state index contributed by atoms with van der Waals surface area (Å²) in [6.07, 6.45) is 3.07. The zero-order chi connectivity index (χ0) is 15.8. The molecule has 22 heavy (non-hydrogen) atoms. The lowest BCUT2D eigenvalue weighted by atomic mass is 10.1. The molecule has 1 aromatic rings. The van der Waals surface area contributed by atoms with Gasteiger partial charge in [-0.15, -0.1) is 0 Å². The van der Waals surface area contributed by atoms with Crippen molar-refractivity contribution in [2.75, 3.05) is 13.1 Å². The summed E-state index contributed by atoms with van der Waals surface area (Å²) in [5.74, 6) is 6.08. The van der Waals surface area contributed by atoms with Crippen molar-refractivity contribution in [3.05, 3.63) is 35.4 Å². The number of nitriles is 1. The van der Waals surface area contributed by atoms with E-state index in [4.69, 9.17) is 5.26 Å². The Labute approximate surface area is 131 Å². The van der Waals surface area contributed by atoms with Crippen LogP contribution in [0.3, 0.4) is 0 Å². The quantitative estimate of drug-likeness (QED) is 0.688. The van der Waals surface area contributed by atoms with E-state index < -0.39 is 0 Å². The van der Waals surface area contributed by atoms with E-state index in [2.05, 4.69) is 17.9 Å². The molecule has 0 bridgehead atoms. The van der Waals surface area contributed by atoms with Crippen molar-refractivity contribution >= 4 is 5.91 Å². The highest BCUT2D eigenvalue weighted by molar-refractivity contribution is 5.94. The minimum atomic E-state index is -0.275. The first-order chi connectivity index (χ1) is 10.7. The van der Waals surface area contributed by atoms with E-state index >= 15 is 0 Å². The third-order valence-corrected chi connectivity index (χ3v) is 3.71. The highest BCUT2D eigenvalue weighted by Gasteiger charge is 2.21. The van der Waals surface area contributed by atoms with Gasteiger partial charge in [0, 0.05) is 37.1 Å². The largest absolute Gasteiger partial charge is 0.393 e. The second kappa shape index (κ2) is 8.22. The SMILES string of the molecule is N#CCCCC#Cc1ccc(C(=O)N2CCC(O)CC2)cc1. The van der Waals surface area contributed by atoms with Gasteiger partial charge in [0.15, 0.2) is 0 Å². The lowest BCUT2D eigenvalue weighted by molar-refractivity contribution is 0.0546. The van der Waals surface area contributed by atoms with Crippen molar-refractivity contribution in [1.82, 2.24) is 4.90 Å². The fourth-order valence-corrected chi connectivity index (χ4v) is 2.37. The number of hydrogen-bond donors (Lipinski definition) is 1. The zero-order valence-electron chi connectivity index (χ0n) is 12.6. The summed E-state index contributed by atoms with van der Waals surface area (Å²) in [5, 5.41) is 17.9. The van der Waals surface area contributed by atoms with Crippen molar-refractivity contribution in [1.29, 1.82) is 5.26 Å². The maximum absolute atomic E-state index is 12.3. The molecule has 4 heteroatoms. The van der Waals surface area contributed by atoms with E-state index in [0.717, 1.165) is 12.0 Å². The first kappa shape index (κ1) is 16.1. The molecule has 1 saturated heterocycles. The predicted molar refractivity (Wildman–Crippen MR) is 83.9 cm³/mol. The topological polar surface area (TPSA) is 64.3 Å². The number of aliphatic hydroxyl groups is 1. The Bertz CT molecular complexity index is 597. The first-order valence-corrected chi connectivity index (χ1v) is 7.64. The Morgan fingerprint density at radius 2 is 1.91 bits per heavy atom. The van der Waals surface area contributed by atoms with E-state index in [9.17, 15) is 9.90 Å². The molecule has 0 saturated carbocycles. The monoisotopic (exact) mass is 296 g/mol. The molecule has 0 spiro atoms. The lowest BCUT2D eigenvalue weighted by Crippen LogP contribution is -2.40. The molecule has 0 aliphatic carbocycles. The van der Waals surface area contributed by atoms with Gasteiger partial charge in [-0.3, -0.25) is 4.79 Å². The van der Waals surface area contributed by atoms with Crippen molar-refractivity contribution in [2.45, 2.75) is 38.2 Å². The van der Waals surface area contributed by atoms with Crippen LogP contribution < -0.4 is 0 Å². The number of piperidine rings is 1. The maximum atomic E-state index is 12.3. The Balaban J connectivity index is 1.91. The van der Waals surface area contributed by atoms with Gasteiger partial charge in [0.2, 0.25) is 0 Å². The minimum absolute atomic E-state index is 0.0143. The van der Waals surface area contributed by atoms with Gasteiger partial charge in [-0.25, -0.2) is 0 Å². The molecule has 1 heterocycles. The van der Waals surface area contributed by atoms with E-state index in [0.29, 0.717) is 44.3 Å². The van der Waals surface area contributed by atoms with E-state index in [-0.39, 0.29) is 12.0 Å². The second-order valence-corrected chi connectivity index (χ2v) is 5.41. The fourth-order valence-electron chi connectivity index (χ4n) is 2.37. The van der Waals surface area contributed by atoms with Gasteiger partial charge >= 0.3 is 0 Å². The molecule has 1 amide bonds. The van der Waals surface area contributed by atoms with Crippen LogP contribution in [0.2, 0.25) is 0 Å². The van der Waals surface area contributed by atoms with Gasteiger partial charge < -0.3 is 10.0 Å². The Kier molecular flexibility index (Phi) is 6.01. The third-order valence-electron chi connectivity index (χ3n) is 3.71. The molecule has 1 fully saturated rings. The number of aliphatic hydroxyl groups excluding tert-OH is 1. The molecule has 0 atom stereocenters. The molecule has 1 aliphatic heterocycles. The molecular formula is C18H20N2O2. The highest BCUT2D eigenvalue weighted by atomic mass is 16.3. The zero-order valence-corrected chi connectivity index (χ0v) is 12.6. The molecule has 0 unspecified atom stereocenters. The van der Waals surface area contributed by atoms with Gasteiger partial charge in [-0.2, -0.15) is 5.26 Å². The molecule has 1 aromatic carbocycles. The number of amides is 1. The van der Waals surface area contributed by atoms with Crippen LogP contribution in [0.15, 0.2) is 24.3 Å². The molecule has 4 nitrogen and oxygen atoms in total. The number of unbranched alkanes of at least 4 members (excludes halogenated alkanes) is 2. The average Bonchev–Trinajstić information content (AvgIpc) is 2.55. The van der Waals surface area contributed by atoms with Crippen molar-refractivity contribution in [3.8, 4) is 17.9 Å². The van der Waals surface area contributed by atoms with Crippen LogP contribution in [-0.4, -0.2) is 35.1 Å². The van der Waals surface area contributed by atoms with E-state index in [1.165, 1.54) is 0 Å². The maximum Gasteiger partial charge on any atom is 0.253 e. The summed E-state index contributed by atoms with van der Waals surface area (Å²) in [6.45, 7) is 1.22. The van der Waals surface area contributed by atoms with Crippen LogP contribution >= 0.6 is 0 Å². The Hall–Kier alpha value is -2.30. The Morgan fingerprint density at radius 3 is 2.55 bits per heavy atom. The first-order valence-electron chi connectivity index (χ1n) is 7.64. The normalized spacial score (nSPS) is 14.8. The summed E-state index contributed by atoms with van der Waals surface area (Å²) >= 11 is 0. The summed E-state index contributed by atoms with van der Waals surface area (Å²) < 4.78 is 0. The molecular weight excluding hydrogens is 276 g/mol. The summed E-state index contributed by atoms with van der Waals surface area (Å²) in [5.41, 5.74) is 1.54. The van der Waals surface area contributed by atoms with Crippen molar-refractivity contribution in [2.24, 2.45) is 0 Å². The summed E-state index contributed by atoms with van der Waals surface area (Å²) in [7, 11) is 0.